The molecule has 3 nitrogen and oxygen atoms in total. The SMILES string of the molecule is CSc1cccc(NC(=O)c2ccc(CN3CCCC3)cc2)c1. The van der Waals surface area contributed by atoms with Gasteiger partial charge in [0.05, 0.1) is 0 Å². The number of nitrogens with one attached hydrogen (secondary N) is 1. The first kappa shape index (κ1) is 16.1. The molecule has 1 fully saturated rings. The zero-order valence-corrected chi connectivity index (χ0v) is 14.2. The maximum atomic E-state index is 12.3. The predicted octanol–water partition coefficient (Wildman–Crippen LogP) is 4.26. The Balaban J connectivity index is 1.62. The van der Waals surface area contributed by atoms with Crippen molar-refractivity contribution in [3.05, 3.63) is 59.7 Å². The summed E-state index contributed by atoms with van der Waals surface area (Å²) >= 11 is 1.67. The van der Waals surface area contributed by atoms with Gasteiger partial charge in [0.25, 0.3) is 5.91 Å². The fourth-order valence-corrected chi connectivity index (χ4v) is 3.32. The zero-order valence-electron chi connectivity index (χ0n) is 13.4. The summed E-state index contributed by atoms with van der Waals surface area (Å²) in [6.45, 7) is 3.36. The highest BCUT2D eigenvalue weighted by Crippen LogP contribution is 2.20. The van der Waals surface area contributed by atoms with Crippen LogP contribution in [0.1, 0.15) is 28.8 Å². The molecule has 120 valence electrons. The Morgan fingerprint density at radius 3 is 2.57 bits per heavy atom. The molecule has 0 aromatic heterocycles. The minimum absolute atomic E-state index is 0.0593. The van der Waals surface area contributed by atoms with E-state index < -0.39 is 0 Å². The van der Waals surface area contributed by atoms with Crippen LogP contribution < -0.4 is 5.32 Å². The van der Waals surface area contributed by atoms with E-state index >= 15 is 0 Å². The zero-order chi connectivity index (χ0) is 16.1. The normalized spacial score (nSPS) is 14.8. The summed E-state index contributed by atoms with van der Waals surface area (Å²) < 4.78 is 0. The second kappa shape index (κ2) is 7.66. The van der Waals surface area contributed by atoms with E-state index in [9.17, 15) is 4.79 Å². The average molecular weight is 326 g/mol. The van der Waals surface area contributed by atoms with Gasteiger partial charge < -0.3 is 5.32 Å². The van der Waals surface area contributed by atoms with Crippen LogP contribution in [0.2, 0.25) is 0 Å². The molecule has 1 aliphatic rings. The maximum absolute atomic E-state index is 12.3. The largest absolute Gasteiger partial charge is 0.322 e. The molecule has 1 N–H and O–H groups in total. The lowest BCUT2D eigenvalue weighted by atomic mass is 10.1. The van der Waals surface area contributed by atoms with Crippen LogP contribution in [0.15, 0.2) is 53.4 Å². The number of amides is 1. The fraction of sp³-hybridized carbons (Fsp3) is 0.316. The molecule has 1 amide bonds. The quantitative estimate of drug-likeness (QED) is 0.833. The van der Waals surface area contributed by atoms with Gasteiger partial charge in [0, 0.05) is 22.7 Å². The highest BCUT2D eigenvalue weighted by atomic mass is 32.2. The molecule has 3 rings (SSSR count). The van der Waals surface area contributed by atoms with E-state index in [1.165, 1.54) is 31.5 Å². The molecule has 0 radical (unpaired) electrons. The van der Waals surface area contributed by atoms with Crippen molar-refractivity contribution in [2.45, 2.75) is 24.3 Å². The molecule has 0 aliphatic carbocycles. The summed E-state index contributed by atoms with van der Waals surface area (Å²) in [6.07, 6.45) is 4.63. The lowest BCUT2D eigenvalue weighted by molar-refractivity contribution is 0.102. The number of hydrogen-bond donors (Lipinski definition) is 1. The van der Waals surface area contributed by atoms with E-state index in [0.717, 1.165) is 17.1 Å². The van der Waals surface area contributed by atoms with Gasteiger partial charge in [0.15, 0.2) is 0 Å². The number of carbonyl (C=O) groups is 1. The Hall–Kier alpha value is -1.78. The molecule has 1 aliphatic heterocycles. The van der Waals surface area contributed by atoms with Crippen LogP contribution in [0.3, 0.4) is 0 Å². The maximum Gasteiger partial charge on any atom is 0.255 e. The van der Waals surface area contributed by atoms with E-state index in [4.69, 9.17) is 0 Å². The number of likely N-dealkylation sites (tertiary alicyclic amines) is 1. The molecule has 0 bridgehead atoms. The molecule has 23 heavy (non-hydrogen) atoms. The van der Waals surface area contributed by atoms with Crippen LogP contribution in [-0.4, -0.2) is 30.2 Å². The van der Waals surface area contributed by atoms with Gasteiger partial charge in [-0.2, -0.15) is 0 Å². The Morgan fingerprint density at radius 1 is 1.13 bits per heavy atom. The van der Waals surface area contributed by atoms with Crippen molar-refractivity contribution in [3.63, 3.8) is 0 Å². The number of hydrogen-bond acceptors (Lipinski definition) is 3. The van der Waals surface area contributed by atoms with E-state index in [2.05, 4.69) is 22.3 Å². The molecule has 0 saturated carbocycles. The molecule has 1 heterocycles. The fourth-order valence-electron chi connectivity index (χ4n) is 2.86. The Kier molecular flexibility index (Phi) is 5.36. The highest BCUT2D eigenvalue weighted by Gasteiger charge is 2.12. The predicted molar refractivity (Wildman–Crippen MR) is 97.1 cm³/mol. The summed E-state index contributed by atoms with van der Waals surface area (Å²) in [7, 11) is 0. The minimum atomic E-state index is -0.0593. The van der Waals surface area contributed by atoms with Crippen LogP contribution in [0, 0.1) is 0 Å². The number of benzene rings is 2. The topological polar surface area (TPSA) is 32.3 Å². The third-order valence-electron chi connectivity index (χ3n) is 4.15. The van der Waals surface area contributed by atoms with Crippen molar-refractivity contribution >= 4 is 23.4 Å². The van der Waals surface area contributed by atoms with Crippen molar-refractivity contribution in [1.82, 2.24) is 4.90 Å². The third kappa shape index (κ3) is 4.36. The highest BCUT2D eigenvalue weighted by molar-refractivity contribution is 7.98. The second-order valence-electron chi connectivity index (χ2n) is 5.87. The van der Waals surface area contributed by atoms with Crippen molar-refractivity contribution < 1.29 is 4.79 Å². The first-order valence-electron chi connectivity index (χ1n) is 8.01. The Bertz CT molecular complexity index is 663. The lowest BCUT2D eigenvalue weighted by Gasteiger charge is -2.14. The summed E-state index contributed by atoms with van der Waals surface area (Å²) in [6, 6.07) is 15.9. The van der Waals surface area contributed by atoms with Gasteiger partial charge in [-0.25, -0.2) is 0 Å². The van der Waals surface area contributed by atoms with Crippen LogP contribution in [0.4, 0.5) is 5.69 Å². The van der Waals surface area contributed by atoms with Gasteiger partial charge in [-0.1, -0.05) is 18.2 Å². The first-order chi connectivity index (χ1) is 11.2. The van der Waals surface area contributed by atoms with Crippen LogP contribution in [0.25, 0.3) is 0 Å². The Morgan fingerprint density at radius 2 is 1.87 bits per heavy atom. The molecule has 2 aromatic carbocycles. The molecule has 1 saturated heterocycles. The minimum Gasteiger partial charge on any atom is -0.322 e. The van der Waals surface area contributed by atoms with E-state index in [-0.39, 0.29) is 5.91 Å². The molecule has 4 heteroatoms. The van der Waals surface area contributed by atoms with Gasteiger partial charge in [-0.3, -0.25) is 9.69 Å². The first-order valence-corrected chi connectivity index (χ1v) is 9.24. The number of anilines is 1. The molecular weight excluding hydrogens is 304 g/mol. The average Bonchev–Trinajstić information content (AvgIpc) is 3.08. The van der Waals surface area contributed by atoms with Gasteiger partial charge in [0.1, 0.15) is 0 Å². The van der Waals surface area contributed by atoms with Crippen molar-refractivity contribution in [1.29, 1.82) is 0 Å². The van der Waals surface area contributed by atoms with Gasteiger partial charge in [-0.05, 0) is 68.1 Å². The van der Waals surface area contributed by atoms with Crippen molar-refractivity contribution in [2.75, 3.05) is 24.7 Å². The standard InChI is InChI=1S/C19H22N2OS/c1-23-18-6-4-5-17(13-18)20-19(22)16-9-7-15(8-10-16)14-21-11-2-3-12-21/h4-10,13H,2-3,11-12,14H2,1H3,(H,20,22). The molecule has 0 spiro atoms. The number of nitrogens with zero attached hydrogens (tertiary/aromatic N) is 1. The monoisotopic (exact) mass is 326 g/mol. The second-order valence-corrected chi connectivity index (χ2v) is 6.75. The van der Waals surface area contributed by atoms with E-state index in [1.807, 2.05) is 42.7 Å². The Labute approximate surface area is 142 Å². The van der Waals surface area contributed by atoms with Gasteiger partial charge in [-0.15, -0.1) is 11.8 Å². The molecular formula is C19H22N2OS. The summed E-state index contributed by atoms with van der Waals surface area (Å²) in [5, 5.41) is 2.96. The van der Waals surface area contributed by atoms with Crippen LogP contribution in [0.5, 0.6) is 0 Å². The van der Waals surface area contributed by atoms with Gasteiger partial charge >= 0.3 is 0 Å². The van der Waals surface area contributed by atoms with Crippen molar-refractivity contribution in [3.8, 4) is 0 Å². The molecule has 0 unspecified atom stereocenters. The molecule has 0 atom stereocenters. The van der Waals surface area contributed by atoms with Crippen molar-refractivity contribution in [2.24, 2.45) is 0 Å². The number of thioether (sulfide) groups is 1. The summed E-state index contributed by atoms with van der Waals surface area (Å²) in [5.74, 6) is -0.0593. The van der Waals surface area contributed by atoms with Crippen LogP contribution >= 0.6 is 11.8 Å². The van der Waals surface area contributed by atoms with E-state index in [0.29, 0.717) is 5.56 Å². The molecule has 2 aromatic rings. The van der Waals surface area contributed by atoms with E-state index in [1.54, 1.807) is 11.8 Å². The smallest absolute Gasteiger partial charge is 0.255 e. The summed E-state index contributed by atoms with van der Waals surface area (Å²) in [4.78, 5) is 15.9. The summed E-state index contributed by atoms with van der Waals surface area (Å²) in [5.41, 5.74) is 2.81. The lowest BCUT2D eigenvalue weighted by Crippen LogP contribution is -2.18. The number of rotatable bonds is 5. The number of carbonyl (C=O) groups excluding carboxylic acids is 1. The third-order valence-corrected chi connectivity index (χ3v) is 4.87. The van der Waals surface area contributed by atoms with Crippen LogP contribution in [-0.2, 0) is 6.54 Å². The van der Waals surface area contributed by atoms with Gasteiger partial charge in [0.2, 0.25) is 0 Å².